The van der Waals surface area contributed by atoms with E-state index in [1.54, 1.807) is 19.1 Å². The number of thioether (sulfide) groups is 1. The van der Waals surface area contributed by atoms with Gasteiger partial charge < -0.3 is 9.15 Å². The van der Waals surface area contributed by atoms with E-state index in [2.05, 4.69) is 26.1 Å². The first-order valence-electron chi connectivity index (χ1n) is 7.33. The fraction of sp³-hybridized carbons (Fsp3) is 0.176. The van der Waals surface area contributed by atoms with E-state index in [1.165, 1.54) is 42.1 Å². The molecule has 0 fully saturated rings. The first-order valence-corrected chi connectivity index (χ1v) is 9.11. The molecule has 0 radical (unpaired) electrons. The SMILES string of the molecule is CC(Oc1ccc(F)cc1)c1nnc(SCc2ccc(Br)cc2F)o1. The van der Waals surface area contributed by atoms with Crippen molar-refractivity contribution in [2.24, 2.45) is 0 Å². The summed E-state index contributed by atoms with van der Waals surface area (Å²) in [6.07, 6.45) is -0.489. The summed E-state index contributed by atoms with van der Waals surface area (Å²) in [5.74, 6) is 0.529. The number of halogens is 3. The topological polar surface area (TPSA) is 48.2 Å². The van der Waals surface area contributed by atoms with Crippen molar-refractivity contribution in [2.75, 3.05) is 0 Å². The van der Waals surface area contributed by atoms with Crippen molar-refractivity contribution in [2.45, 2.75) is 24.0 Å². The second kappa shape index (κ2) is 7.97. The quantitative estimate of drug-likeness (QED) is 0.484. The van der Waals surface area contributed by atoms with Gasteiger partial charge in [-0.3, -0.25) is 0 Å². The summed E-state index contributed by atoms with van der Waals surface area (Å²) >= 11 is 4.46. The van der Waals surface area contributed by atoms with Crippen LogP contribution in [0.2, 0.25) is 0 Å². The number of ether oxygens (including phenoxy) is 1. The number of hydrogen-bond acceptors (Lipinski definition) is 5. The van der Waals surface area contributed by atoms with Crippen LogP contribution in [0.3, 0.4) is 0 Å². The molecule has 8 heteroatoms. The van der Waals surface area contributed by atoms with Gasteiger partial charge in [-0.2, -0.15) is 0 Å². The van der Waals surface area contributed by atoms with Crippen molar-refractivity contribution in [3.63, 3.8) is 0 Å². The average molecular weight is 427 g/mol. The zero-order valence-electron chi connectivity index (χ0n) is 13.1. The predicted octanol–water partition coefficient (Wildman–Crippen LogP) is 5.54. The summed E-state index contributed by atoms with van der Waals surface area (Å²) in [5, 5.41) is 8.20. The van der Waals surface area contributed by atoms with Gasteiger partial charge in [0.05, 0.1) is 0 Å². The molecule has 1 aromatic heterocycles. The molecule has 1 unspecified atom stereocenters. The first kappa shape index (κ1) is 17.9. The van der Waals surface area contributed by atoms with Crippen LogP contribution in [0.5, 0.6) is 5.75 Å². The molecule has 0 aliphatic carbocycles. The minimum absolute atomic E-state index is 0.295. The second-order valence-electron chi connectivity index (χ2n) is 5.14. The van der Waals surface area contributed by atoms with E-state index in [4.69, 9.17) is 9.15 Å². The summed E-state index contributed by atoms with van der Waals surface area (Å²) in [5.41, 5.74) is 0.545. The van der Waals surface area contributed by atoms with E-state index in [9.17, 15) is 8.78 Å². The van der Waals surface area contributed by atoms with E-state index >= 15 is 0 Å². The molecule has 0 saturated heterocycles. The van der Waals surface area contributed by atoms with Crippen LogP contribution in [0.15, 0.2) is 56.6 Å². The van der Waals surface area contributed by atoms with Gasteiger partial charge in [-0.1, -0.05) is 33.8 Å². The van der Waals surface area contributed by atoms with Crippen molar-refractivity contribution in [1.82, 2.24) is 10.2 Å². The summed E-state index contributed by atoms with van der Waals surface area (Å²) in [6, 6.07) is 10.5. The predicted molar refractivity (Wildman–Crippen MR) is 93.4 cm³/mol. The third-order valence-corrected chi connectivity index (χ3v) is 4.62. The number of rotatable bonds is 6. The molecule has 0 N–H and O–H groups in total. The van der Waals surface area contributed by atoms with Gasteiger partial charge in [-0.25, -0.2) is 8.78 Å². The highest BCUT2D eigenvalue weighted by molar-refractivity contribution is 9.10. The highest BCUT2D eigenvalue weighted by Crippen LogP contribution is 2.27. The van der Waals surface area contributed by atoms with E-state index in [1.807, 2.05) is 0 Å². The molecule has 130 valence electrons. The molecule has 0 spiro atoms. The Morgan fingerprint density at radius 2 is 1.92 bits per heavy atom. The van der Waals surface area contributed by atoms with E-state index in [-0.39, 0.29) is 11.6 Å². The third kappa shape index (κ3) is 4.79. The van der Waals surface area contributed by atoms with Gasteiger partial charge in [-0.05, 0) is 48.9 Å². The molecule has 0 aliphatic heterocycles. The standard InChI is InChI=1S/C17H13BrF2N2O2S/c1-10(23-14-6-4-13(19)5-7-14)16-21-22-17(24-16)25-9-11-2-3-12(18)8-15(11)20/h2-8,10H,9H2,1H3. The minimum Gasteiger partial charge on any atom is -0.481 e. The normalized spacial score (nSPS) is 12.2. The molecule has 1 atom stereocenters. The molecule has 0 amide bonds. The monoisotopic (exact) mass is 426 g/mol. The molecule has 4 nitrogen and oxygen atoms in total. The fourth-order valence-corrected chi connectivity index (χ4v) is 3.08. The van der Waals surface area contributed by atoms with Crippen molar-refractivity contribution in [3.05, 3.63) is 70.0 Å². The molecule has 2 aromatic carbocycles. The smallest absolute Gasteiger partial charge is 0.277 e. The van der Waals surface area contributed by atoms with E-state index in [0.717, 1.165) is 0 Å². The lowest BCUT2D eigenvalue weighted by molar-refractivity contribution is 0.181. The van der Waals surface area contributed by atoms with Crippen LogP contribution in [0.4, 0.5) is 8.78 Å². The van der Waals surface area contributed by atoms with Crippen LogP contribution < -0.4 is 4.74 Å². The fourth-order valence-electron chi connectivity index (χ4n) is 1.99. The maximum Gasteiger partial charge on any atom is 0.277 e. The first-order chi connectivity index (χ1) is 12.0. The van der Waals surface area contributed by atoms with Crippen molar-refractivity contribution in [3.8, 4) is 5.75 Å². The Balaban J connectivity index is 1.60. The van der Waals surface area contributed by atoms with E-state index < -0.39 is 6.10 Å². The summed E-state index contributed by atoms with van der Waals surface area (Å²) < 4.78 is 38.5. The largest absolute Gasteiger partial charge is 0.481 e. The number of aromatic nitrogens is 2. The van der Waals surface area contributed by atoms with Crippen LogP contribution in [0, 0.1) is 11.6 Å². The second-order valence-corrected chi connectivity index (χ2v) is 6.99. The summed E-state index contributed by atoms with van der Waals surface area (Å²) in [4.78, 5) is 0. The van der Waals surface area contributed by atoms with Crippen LogP contribution in [-0.2, 0) is 5.75 Å². The van der Waals surface area contributed by atoms with Crippen LogP contribution in [0.1, 0.15) is 24.5 Å². The van der Waals surface area contributed by atoms with Crippen molar-refractivity contribution in [1.29, 1.82) is 0 Å². The summed E-state index contributed by atoms with van der Waals surface area (Å²) in [7, 11) is 0. The Kier molecular flexibility index (Phi) is 5.70. The molecule has 1 heterocycles. The van der Waals surface area contributed by atoms with Crippen LogP contribution in [-0.4, -0.2) is 10.2 Å². The molecule has 0 aliphatic rings. The molecule has 0 saturated carbocycles. The number of hydrogen-bond donors (Lipinski definition) is 0. The minimum atomic E-state index is -0.489. The Labute approximate surface area is 155 Å². The van der Waals surface area contributed by atoms with Gasteiger partial charge in [0, 0.05) is 10.2 Å². The lowest BCUT2D eigenvalue weighted by Gasteiger charge is -2.10. The lowest BCUT2D eigenvalue weighted by Crippen LogP contribution is -2.03. The molecule has 0 bridgehead atoms. The number of nitrogens with zero attached hydrogens (tertiary/aromatic N) is 2. The van der Waals surface area contributed by atoms with E-state index in [0.29, 0.717) is 32.7 Å². The van der Waals surface area contributed by atoms with Gasteiger partial charge >= 0.3 is 0 Å². The third-order valence-electron chi connectivity index (χ3n) is 3.26. The lowest BCUT2D eigenvalue weighted by atomic mass is 10.2. The molecule has 3 aromatic rings. The zero-order chi connectivity index (χ0) is 17.8. The van der Waals surface area contributed by atoms with Crippen LogP contribution in [0.25, 0.3) is 0 Å². The molecular weight excluding hydrogens is 414 g/mol. The Morgan fingerprint density at radius 3 is 2.64 bits per heavy atom. The van der Waals surface area contributed by atoms with Gasteiger partial charge in [0.25, 0.3) is 11.1 Å². The van der Waals surface area contributed by atoms with Gasteiger partial charge in [0.15, 0.2) is 6.10 Å². The Hall–Kier alpha value is -1.93. The van der Waals surface area contributed by atoms with Gasteiger partial charge in [0.1, 0.15) is 17.4 Å². The Bertz CT molecular complexity index is 858. The zero-order valence-corrected chi connectivity index (χ0v) is 15.5. The number of benzene rings is 2. The highest BCUT2D eigenvalue weighted by atomic mass is 79.9. The van der Waals surface area contributed by atoms with Crippen molar-refractivity contribution >= 4 is 27.7 Å². The van der Waals surface area contributed by atoms with Gasteiger partial charge in [-0.15, -0.1) is 10.2 Å². The average Bonchev–Trinajstić information content (AvgIpc) is 3.05. The van der Waals surface area contributed by atoms with Crippen LogP contribution >= 0.6 is 27.7 Å². The summed E-state index contributed by atoms with van der Waals surface area (Å²) in [6.45, 7) is 1.75. The highest BCUT2D eigenvalue weighted by Gasteiger charge is 2.16. The Morgan fingerprint density at radius 1 is 1.16 bits per heavy atom. The maximum atomic E-state index is 13.8. The van der Waals surface area contributed by atoms with Crippen molar-refractivity contribution < 1.29 is 17.9 Å². The van der Waals surface area contributed by atoms with Gasteiger partial charge in [0.2, 0.25) is 0 Å². The molecule has 25 heavy (non-hydrogen) atoms. The maximum absolute atomic E-state index is 13.8. The molecular formula is C17H13BrF2N2O2S. The molecule has 3 rings (SSSR count).